The number of nitrogens with zero attached hydrogens (tertiary/aromatic N) is 4. The van der Waals surface area contributed by atoms with Crippen molar-refractivity contribution >= 4 is 45.6 Å². The van der Waals surface area contributed by atoms with Crippen LogP contribution in [0.15, 0.2) is 29.8 Å². The Bertz CT molecular complexity index is 852. The predicted molar refractivity (Wildman–Crippen MR) is 100.0 cm³/mol. The molecule has 3 aromatic heterocycles. The zero-order chi connectivity index (χ0) is 16.5. The maximum atomic E-state index is 6.07. The van der Waals surface area contributed by atoms with E-state index in [4.69, 9.17) is 21.6 Å². The summed E-state index contributed by atoms with van der Waals surface area (Å²) < 4.78 is 0. The van der Waals surface area contributed by atoms with Crippen molar-refractivity contribution in [2.75, 3.05) is 23.3 Å². The molecule has 1 atom stereocenters. The average molecular weight is 360 g/mol. The maximum absolute atomic E-state index is 6.07. The van der Waals surface area contributed by atoms with Crippen molar-refractivity contribution < 1.29 is 0 Å². The van der Waals surface area contributed by atoms with Gasteiger partial charge in [0.25, 0.3) is 0 Å². The first kappa shape index (κ1) is 15.6. The molecule has 1 aliphatic heterocycles. The summed E-state index contributed by atoms with van der Waals surface area (Å²) in [6.45, 7) is 4.99. The molecule has 0 radical (unpaired) electrons. The number of fused-ring (bicyclic) bond motifs is 1. The monoisotopic (exact) mass is 359 g/mol. The second kappa shape index (κ2) is 6.53. The number of anilines is 2. The van der Waals surface area contributed by atoms with Crippen LogP contribution in [0.4, 0.5) is 11.8 Å². The van der Waals surface area contributed by atoms with E-state index in [9.17, 15) is 0 Å². The summed E-state index contributed by atoms with van der Waals surface area (Å²) in [5, 5.41) is 6.87. The summed E-state index contributed by atoms with van der Waals surface area (Å²) in [6.07, 6.45) is 2.90. The largest absolute Gasteiger partial charge is 0.364 e. The molecule has 1 N–H and O–H groups in total. The highest BCUT2D eigenvalue weighted by Crippen LogP contribution is 2.28. The molecule has 124 valence electrons. The van der Waals surface area contributed by atoms with Gasteiger partial charge in [0.2, 0.25) is 5.95 Å². The summed E-state index contributed by atoms with van der Waals surface area (Å²) >= 11 is 7.80. The lowest BCUT2D eigenvalue weighted by Gasteiger charge is -2.18. The molecule has 1 aliphatic rings. The molecule has 0 saturated carbocycles. The number of aromatic nitrogens is 3. The van der Waals surface area contributed by atoms with E-state index in [-0.39, 0.29) is 0 Å². The molecule has 5 nitrogen and oxygen atoms in total. The number of hydrogen-bond acceptors (Lipinski definition) is 6. The van der Waals surface area contributed by atoms with Gasteiger partial charge in [-0.3, -0.25) is 0 Å². The number of thiophene rings is 1. The fourth-order valence-electron chi connectivity index (χ4n) is 2.97. The quantitative estimate of drug-likeness (QED) is 0.707. The van der Waals surface area contributed by atoms with Crippen molar-refractivity contribution in [3.05, 3.63) is 39.8 Å². The van der Waals surface area contributed by atoms with Crippen LogP contribution in [0.2, 0.25) is 5.15 Å². The van der Waals surface area contributed by atoms with E-state index in [0.29, 0.717) is 11.1 Å². The molecule has 0 spiro atoms. The minimum atomic E-state index is 0.452. The van der Waals surface area contributed by atoms with Gasteiger partial charge in [-0.2, -0.15) is 4.98 Å². The van der Waals surface area contributed by atoms with Crippen molar-refractivity contribution in [3.63, 3.8) is 0 Å². The van der Waals surface area contributed by atoms with Gasteiger partial charge in [0, 0.05) is 23.4 Å². The Kier molecular flexibility index (Phi) is 4.24. The third-order valence-corrected chi connectivity index (χ3v) is 5.34. The van der Waals surface area contributed by atoms with Gasteiger partial charge in [0.1, 0.15) is 11.0 Å². The number of hydrogen-bond donors (Lipinski definition) is 1. The Morgan fingerprint density at radius 1 is 1.42 bits per heavy atom. The van der Waals surface area contributed by atoms with Gasteiger partial charge < -0.3 is 10.2 Å². The molecule has 1 saturated heterocycles. The predicted octanol–water partition coefficient (Wildman–Crippen LogP) is 4.20. The summed E-state index contributed by atoms with van der Waals surface area (Å²) in [5.74, 6) is 2.26. The second-order valence-electron chi connectivity index (χ2n) is 6.17. The molecule has 1 fully saturated rings. The van der Waals surface area contributed by atoms with Crippen LogP contribution < -0.4 is 10.2 Å². The first-order chi connectivity index (χ1) is 11.7. The molecule has 0 amide bonds. The van der Waals surface area contributed by atoms with Crippen molar-refractivity contribution in [1.29, 1.82) is 0 Å². The molecule has 1 unspecified atom stereocenters. The molecular weight excluding hydrogens is 342 g/mol. The summed E-state index contributed by atoms with van der Waals surface area (Å²) in [5.41, 5.74) is 0.817. The second-order valence-corrected chi connectivity index (χ2v) is 7.59. The van der Waals surface area contributed by atoms with E-state index in [2.05, 4.69) is 39.6 Å². The molecule has 0 bridgehead atoms. The van der Waals surface area contributed by atoms with Gasteiger partial charge in [-0.25, -0.2) is 9.97 Å². The topological polar surface area (TPSA) is 53.9 Å². The summed E-state index contributed by atoms with van der Waals surface area (Å²) in [7, 11) is 0. The van der Waals surface area contributed by atoms with Crippen molar-refractivity contribution in [2.24, 2.45) is 5.92 Å². The first-order valence-corrected chi connectivity index (χ1v) is 9.29. The summed E-state index contributed by atoms with van der Waals surface area (Å²) in [6, 6.07) is 5.99. The van der Waals surface area contributed by atoms with Gasteiger partial charge >= 0.3 is 0 Å². The minimum absolute atomic E-state index is 0.452. The highest BCUT2D eigenvalue weighted by Gasteiger charge is 2.22. The third kappa shape index (κ3) is 3.16. The van der Waals surface area contributed by atoms with Crippen LogP contribution in [0.25, 0.3) is 10.9 Å². The fourth-order valence-corrected chi connectivity index (χ4v) is 3.77. The number of nitrogens with one attached hydrogen (secondary N) is 1. The Balaban J connectivity index is 1.71. The Hall–Kier alpha value is -1.92. The third-order valence-electron chi connectivity index (χ3n) is 4.25. The van der Waals surface area contributed by atoms with Crippen LogP contribution in [-0.4, -0.2) is 28.0 Å². The SMILES string of the molecule is CC1CCN(c2nc(NCc3cccs3)c3cc(Cl)ncc3n2)C1. The van der Waals surface area contributed by atoms with E-state index in [1.165, 1.54) is 11.3 Å². The lowest BCUT2D eigenvalue weighted by molar-refractivity contribution is 0.658. The van der Waals surface area contributed by atoms with E-state index >= 15 is 0 Å². The van der Waals surface area contributed by atoms with Crippen molar-refractivity contribution in [2.45, 2.75) is 19.9 Å². The van der Waals surface area contributed by atoms with E-state index in [1.54, 1.807) is 17.5 Å². The Labute approximate surface area is 149 Å². The van der Waals surface area contributed by atoms with Gasteiger partial charge in [-0.1, -0.05) is 24.6 Å². The lowest BCUT2D eigenvalue weighted by Crippen LogP contribution is -2.22. The van der Waals surface area contributed by atoms with Crippen LogP contribution >= 0.6 is 22.9 Å². The van der Waals surface area contributed by atoms with E-state index < -0.39 is 0 Å². The number of halogens is 1. The average Bonchev–Trinajstić information content (AvgIpc) is 3.24. The molecule has 3 aromatic rings. The maximum Gasteiger partial charge on any atom is 0.227 e. The molecule has 24 heavy (non-hydrogen) atoms. The van der Waals surface area contributed by atoms with Crippen LogP contribution in [0.3, 0.4) is 0 Å². The van der Waals surface area contributed by atoms with Crippen LogP contribution in [0, 0.1) is 5.92 Å². The molecule has 4 rings (SSSR count). The normalized spacial score (nSPS) is 17.6. The smallest absolute Gasteiger partial charge is 0.227 e. The van der Waals surface area contributed by atoms with Gasteiger partial charge in [-0.05, 0) is 29.9 Å². The van der Waals surface area contributed by atoms with E-state index in [0.717, 1.165) is 42.3 Å². The zero-order valence-corrected chi connectivity index (χ0v) is 14.9. The standard InChI is InChI=1S/C17H18ClN5S/c1-11-4-5-23(10-11)17-21-14-9-19-15(18)7-13(14)16(22-17)20-8-12-3-2-6-24-12/h2-3,6-7,9,11H,4-5,8,10H2,1H3,(H,20,21,22). The fraction of sp³-hybridized carbons (Fsp3) is 0.353. The number of pyridine rings is 1. The minimum Gasteiger partial charge on any atom is -0.364 e. The highest BCUT2D eigenvalue weighted by atomic mass is 35.5. The lowest BCUT2D eigenvalue weighted by atomic mass is 10.2. The molecule has 0 aliphatic carbocycles. The highest BCUT2D eigenvalue weighted by molar-refractivity contribution is 7.09. The van der Waals surface area contributed by atoms with Crippen LogP contribution in [0.1, 0.15) is 18.2 Å². The summed E-state index contributed by atoms with van der Waals surface area (Å²) in [4.78, 5) is 17.2. The van der Waals surface area contributed by atoms with Gasteiger partial charge in [-0.15, -0.1) is 11.3 Å². The first-order valence-electron chi connectivity index (χ1n) is 8.03. The Morgan fingerprint density at radius 2 is 2.33 bits per heavy atom. The molecular formula is C17H18ClN5S. The van der Waals surface area contributed by atoms with E-state index in [1.807, 2.05) is 6.07 Å². The Morgan fingerprint density at radius 3 is 3.08 bits per heavy atom. The van der Waals surface area contributed by atoms with Crippen molar-refractivity contribution in [3.8, 4) is 0 Å². The van der Waals surface area contributed by atoms with Crippen molar-refractivity contribution in [1.82, 2.24) is 15.0 Å². The molecule has 4 heterocycles. The molecule has 0 aromatic carbocycles. The van der Waals surface area contributed by atoms with Gasteiger partial charge in [0.15, 0.2) is 0 Å². The zero-order valence-electron chi connectivity index (χ0n) is 13.4. The number of rotatable bonds is 4. The van der Waals surface area contributed by atoms with Crippen LogP contribution in [0.5, 0.6) is 0 Å². The van der Waals surface area contributed by atoms with Crippen LogP contribution in [-0.2, 0) is 6.54 Å². The van der Waals surface area contributed by atoms with Gasteiger partial charge in [0.05, 0.1) is 18.3 Å². The molecule has 7 heteroatoms.